The predicted molar refractivity (Wildman–Crippen MR) is 69.1 cm³/mol. The molecule has 0 aliphatic rings. The second-order valence-electron chi connectivity index (χ2n) is 3.54. The summed E-state index contributed by atoms with van der Waals surface area (Å²) in [4.78, 5) is 2.60. The molecule has 1 heterocycles. The van der Waals surface area contributed by atoms with Crippen LogP contribution in [0.1, 0.15) is 4.88 Å². The van der Waals surface area contributed by atoms with Gasteiger partial charge in [0, 0.05) is 9.75 Å². The molecule has 2 rings (SSSR count). The highest BCUT2D eigenvalue weighted by molar-refractivity contribution is 7.15. The van der Waals surface area contributed by atoms with Gasteiger partial charge in [-0.25, -0.2) is 0 Å². The fraction of sp³-hybridized carbons (Fsp3) is 0.231. The van der Waals surface area contributed by atoms with Crippen molar-refractivity contribution in [2.45, 2.75) is 6.42 Å². The summed E-state index contributed by atoms with van der Waals surface area (Å²) in [6.45, 7) is 0.706. The largest absolute Gasteiger partial charge is 0.497 e. The van der Waals surface area contributed by atoms with Crippen molar-refractivity contribution in [1.29, 1.82) is 0 Å². The number of rotatable bonds is 4. The molecule has 0 spiro atoms. The molecule has 0 aliphatic carbocycles. The minimum Gasteiger partial charge on any atom is -0.497 e. The summed E-state index contributed by atoms with van der Waals surface area (Å²) in [5, 5.41) is 0. The Morgan fingerprint density at radius 3 is 2.88 bits per heavy atom. The zero-order valence-electron chi connectivity index (χ0n) is 9.27. The van der Waals surface area contributed by atoms with Crippen LogP contribution in [0.4, 0.5) is 0 Å². The van der Waals surface area contributed by atoms with E-state index >= 15 is 0 Å². The van der Waals surface area contributed by atoms with Gasteiger partial charge in [-0.05, 0) is 42.8 Å². The molecule has 0 unspecified atom stereocenters. The molecular weight excluding hydrogens is 218 g/mol. The highest BCUT2D eigenvalue weighted by Gasteiger charge is 2.03. The molecule has 0 fully saturated rings. The van der Waals surface area contributed by atoms with Crippen molar-refractivity contribution in [3.05, 3.63) is 41.3 Å². The first-order chi connectivity index (χ1) is 7.83. The smallest absolute Gasteiger partial charge is 0.119 e. The van der Waals surface area contributed by atoms with Crippen molar-refractivity contribution in [3.63, 3.8) is 0 Å². The van der Waals surface area contributed by atoms with Crippen LogP contribution >= 0.6 is 11.3 Å². The van der Waals surface area contributed by atoms with Gasteiger partial charge in [-0.15, -0.1) is 11.3 Å². The van der Waals surface area contributed by atoms with Crippen LogP contribution in [0.25, 0.3) is 10.4 Å². The minimum absolute atomic E-state index is 0.706. The molecule has 2 N–H and O–H groups in total. The van der Waals surface area contributed by atoms with Crippen molar-refractivity contribution in [3.8, 4) is 16.2 Å². The number of hydrogen-bond donors (Lipinski definition) is 1. The van der Waals surface area contributed by atoms with Gasteiger partial charge < -0.3 is 10.5 Å². The number of ether oxygens (including phenoxy) is 1. The summed E-state index contributed by atoms with van der Waals surface area (Å²) >= 11 is 1.79. The van der Waals surface area contributed by atoms with Gasteiger partial charge in [0.2, 0.25) is 0 Å². The second-order valence-corrected chi connectivity index (χ2v) is 4.70. The van der Waals surface area contributed by atoms with Crippen LogP contribution in [0.15, 0.2) is 36.4 Å². The lowest BCUT2D eigenvalue weighted by Crippen LogP contribution is -2.00. The lowest BCUT2D eigenvalue weighted by molar-refractivity contribution is 0.415. The molecule has 0 saturated carbocycles. The Balaban J connectivity index is 2.27. The molecule has 0 aliphatic heterocycles. The summed E-state index contributed by atoms with van der Waals surface area (Å²) in [6, 6.07) is 12.4. The predicted octanol–water partition coefficient (Wildman–Crippen LogP) is 2.92. The number of hydrogen-bond acceptors (Lipinski definition) is 3. The highest BCUT2D eigenvalue weighted by Crippen LogP contribution is 2.30. The third-order valence-electron chi connectivity index (χ3n) is 2.41. The molecule has 0 radical (unpaired) electrons. The maximum absolute atomic E-state index is 5.54. The Kier molecular flexibility index (Phi) is 3.59. The first-order valence-electron chi connectivity index (χ1n) is 5.26. The maximum atomic E-state index is 5.54. The van der Waals surface area contributed by atoms with Gasteiger partial charge in [0.25, 0.3) is 0 Å². The number of methoxy groups -OCH3 is 1. The monoisotopic (exact) mass is 233 g/mol. The Bertz CT molecular complexity index is 464. The number of thiophene rings is 1. The fourth-order valence-corrected chi connectivity index (χ4v) is 2.61. The van der Waals surface area contributed by atoms with E-state index in [0.717, 1.165) is 12.2 Å². The first kappa shape index (κ1) is 11.2. The Morgan fingerprint density at radius 1 is 1.25 bits per heavy atom. The summed E-state index contributed by atoms with van der Waals surface area (Å²) in [5.74, 6) is 0.895. The standard InChI is InChI=1S/C13H15NOS/c1-15-11-4-2-3-10(9-11)13-6-5-12(16-13)7-8-14/h2-6,9H,7-8,14H2,1H3. The molecule has 2 nitrogen and oxygen atoms in total. The van der Waals surface area contributed by atoms with Crippen molar-refractivity contribution >= 4 is 11.3 Å². The third-order valence-corrected chi connectivity index (χ3v) is 3.60. The Labute approximate surface area is 99.7 Å². The van der Waals surface area contributed by atoms with Crippen LogP contribution in [-0.2, 0) is 6.42 Å². The van der Waals surface area contributed by atoms with E-state index in [-0.39, 0.29) is 0 Å². The Hall–Kier alpha value is -1.32. The fourth-order valence-electron chi connectivity index (χ4n) is 1.59. The van der Waals surface area contributed by atoms with E-state index in [1.165, 1.54) is 15.3 Å². The van der Waals surface area contributed by atoms with E-state index in [1.54, 1.807) is 18.4 Å². The summed E-state index contributed by atoms with van der Waals surface area (Å²) in [6.07, 6.45) is 0.953. The zero-order valence-corrected chi connectivity index (χ0v) is 10.1. The molecule has 1 aromatic carbocycles. The van der Waals surface area contributed by atoms with Gasteiger partial charge >= 0.3 is 0 Å². The summed E-state index contributed by atoms with van der Waals surface area (Å²) in [5.41, 5.74) is 6.74. The molecule has 0 bridgehead atoms. The zero-order chi connectivity index (χ0) is 11.4. The molecule has 84 valence electrons. The minimum atomic E-state index is 0.706. The Morgan fingerprint density at radius 2 is 2.12 bits per heavy atom. The topological polar surface area (TPSA) is 35.2 Å². The van der Waals surface area contributed by atoms with Gasteiger partial charge in [-0.1, -0.05) is 12.1 Å². The van der Waals surface area contributed by atoms with Crippen molar-refractivity contribution in [2.75, 3.05) is 13.7 Å². The first-order valence-corrected chi connectivity index (χ1v) is 6.08. The number of nitrogens with two attached hydrogens (primary N) is 1. The van der Waals surface area contributed by atoms with Crippen LogP contribution in [-0.4, -0.2) is 13.7 Å². The second kappa shape index (κ2) is 5.14. The van der Waals surface area contributed by atoms with Gasteiger partial charge in [0.15, 0.2) is 0 Å². The third kappa shape index (κ3) is 2.43. The molecule has 0 atom stereocenters. The number of benzene rings is 1. The van der Waals surface area contributed by atoms with Gasteiger partial charge in [0.05, 0.1) is 7.11 Å². The average molecular weight is 233 g/mol. The van der Waals surface area contributed by atoms with Crippen LogP contribution in [0.5, 0.6) is 5.75 Å². The summed E-state index contributed by atoms with van der Waals surface area (Å²) in [7, 11) is 1.69. The van der Waals surface area contributed by atoms with Gasteiger partial charge in [0.1, 0.15) is 5.75 Å². The molecule has 3 heteroatoms. The van der Waals surface area contributed by atoms with Crippen LogP contribution in [0.3, 0.4) is 0 Å². The van der Waals surface area contributed by atoms with E-state index in [2.05, 4.69) is 24.3 Å². The molecule has 0 saturated heterocycles. The average Bonchev–Trinajstić information content (AvgIpc) is 2.78. The summed E-state index contributed by atoms with van der Waals surface area (Å²) < 4.78 is 5.22. The van der Waals surface area contributed by atoms with Crippen molar-refractivity contribution < 1.29 is 4.74 Å². The molecular formula is C13H15NOS. The SMILES string of the molecule is COc1cccc(-c2ccc(CCN)s2)c1. The van der Waals surface area contributed by atoms with Crippen molar-refractivity contribution in [1.82, 2.24) is 0 Å². The molecule has 2 aromatic rings. The van der Waals surface area contributed by atoms with Crippen LogP contribution in [0.2, 0.25) is 0 Å². The molecule has 1 aromatic heterocycles. The highest BCUT2D eigenvalue weighted by atomic mass is 32.1. The normalized spacial score (nSPS) is 10.4. The van der Waals surface area contributed by atoms with Crippen LogP contribution < -0.4 is 10.5 Å². The van der Waals surface area contributed by atoms with Gasteiger partial charge in [-0.2, -0.15) is 0 Å². The lowest BCUT2D eigenvalue weighted by Gasteiger charge is -2.01. The van der Waals surface area contributed by atoms with Gasteiger partial charge in [-0.3, -0.25) is 0 Å². The van der Waals surface area contributed by atoms with E-state index in [9.17, 15) is 0 Å². The van der Waals surface area contributed by atoms with Crippen LogP contribution in [0, 0.1) is 0 Å². The molecule has 16 heavy (non-hydrogen) atoms. The van der Waals surface area contributed by atoms with E-state index < -0.39 is 0 Å². The van der Waals surface area contributed by atoms with E-state index in [0.29, 0.717) is 6.54 Å². The van der Waals surface area contributed by atoms with E-state index in [4.69, 9.17) is 10.5 Å². The maximum Gasteiger partial charge on any atom is 0.119 e. The van der Waals surface area contributed by atoms with E-state index in [1.807, 2.05) is 12.1 Å². The quantitative estimate of drug-likeness (QED) is 0.881. The van der Waals surface area contributed by atoms with Crippen molar-refractivity contribution in [2.24, 2.45) is 5.73 Å². The lowest BCUT2D eigenvalue weighted by atomic mass is 10.2. The molecule has 0 amide bonds.